The van der Waals surface area contributed by atoms with Crippen molar-refractivity contribution < 1.29 is 4.52 Å². The molecule has 1 heterocycles. The molecule has 0 fully saturated rings. The van der Waals surface area contributed by atoms with Gasteiger partial charge in [0, 0.05) is 10.6 Å². The number of benzene rings is 1. The van der Waals surface area contributed by atoms with Crippen molar-refractivity contribution >= 4 is 11.6 Å². The highest BCUT2D eigenvalue weighted by atomic mass is 35.5. The van der Waals surface area contributed by atoms with Crippen LogP contribution in [0.4, 0.5) is 0 Å². The Balaban J connectivity index is 2.30. The first kappa shape index (κ1) is 12.1. The molecule has 0 amide bonds. The highest BCUT2D eigenvalue weighted by Gasteiger charge is 2.18. The van der Waals surface area contributed by atoms with Gasteiger partial charge >= 0.3 is 0 Å². The maximum Gasteiger partial charge on any atom is 0.244 e. The topological polar surface area (TPSA) is 64.9 Å². The highest BCUT2D eigenvalue weighted by molar-refractivity contribution is 6.30. The van der Waals surface area contributed by atoms with Crippen molar-refractivity contribution in [3.05, 3.63) is 35.2 Å². The molecule has 4 nitrogen and oxygen atoms in total. The Labute approximate surface area is 105 Å². The molecule has 0 unspecified atom stereocenters. The second-order valence-corrected chi connectivity index (χ2v) is 4.67. The Hall–Kier alpha value is -1.39. The normalized spacial score (nSPS) is 13.0. The highest BCUT2D eigenvalue weighted by Crippen LogP contribution is 2.23. The molecule has 0 aliphatic heterocycles. The zero-order valence-corrected chi connectivity index (χ0v) is 10.5. The summed E-state index contributed by atoms with van der Waals surface area (Å²) in [7, 11) is 0. The molecule has 0 radical (unpaired) electrons. The number of halogens is 1. The summed E-state index contributed by atoms with van der Waals surface area (Å²) in [5.74, 6) is 1.22. The molecule has 2 N–H and O–H groups in total. The lowest BCUT2D eigenvalue weighted by Crippen LogP contribution is -2.16. The Kier molecular flexibility index (Phi) is 3.45. The summed E-state index contributed by atoms with van der Waals surface area (Å²) < 4.78 is 5.15. The van der Waals surface area contributed by atoms with Crippen LogP contribution in [0, 0.1) is 5.92 Å². The van der Waals surface area contributed by atoms with Crippen LogP contribution in [0.1, 0.15) is 25.8 Å². The molecule has 2 rings (SSSR count). The average Bonchev–Trinajstić information content (AvgIpc) is 2.77. The molecule has 0 saturated carbocycles. The molecule has 1 aromatic carbocycles. The fourth-order valence-corrected chi connectivity index (χ4v) is 1.59. The van der Waals surface area contributed by atoms with Crippen LogP contribution in [0.5, 0.6) is 0 Å². The second-order valence-electron chi connectivity index (χ2n) is 4.24. The zero-order valence-electron chi connectivity index (χ0n) is 9.72. The molecular formula is C12H14ClN3O. The molecule has 2 aromatic rings. The molecule has 0 aliphatic rings. The molecule has 17 heavy (non-hydrogen) atoms. The Morgan fingerprint density at radius 2 is 2.12 bits per heavy atom. The first-order valence-electron chi connectivity index (χ1n) is 5.43. The van der Waals surface area contributed by atoms with Crippen LogP contribution >= 0.6 is 11.6 Å². The van der Waals surface area contributed by atoms with E-state index < -0.39 is 0 Å². The largest absolute Gasteiger partial charge is 0.337 e. The van der Waals surface area contributed by atoms with Gasteiger partial charge in [-0.2, -0.15) is 4.98 Å². The van der Waals surface area contributed by atoms with Crippen molar-refractivity contribution in [3.8, 4) is 11.4 Å². The maximum absolute atomic E-state index is 5.94. The lowest BCUT2D eigenvalue weighted by atomic mass is 10.1. The van der Waals surface area contributed by atoms with Crippen LogP contribution in [-0.4, -0.2) is 10.1 Å². The van der Waals surface area contributed by atoms with Gasteiger partial charge < -0.3 is 10.3 Å². The number of rotatable bonds is 3. The van der Waals surface area contributed by atoms with Crippen molar-refractivity contribution in [2.75, 3.05) is 0 Å². The van der Waals surface area contributed by atoms with E-state index in [1.54, 1.807) is 12.1 Å². The quantitative estimate of drug-likeness (QED) is 0.911. The number of nitrogens with two attached hydrogens (primary N) is 1. The van der Waals surface area contributed by atoms with E-state index in [9.17, 15) is 0 Å². The minimum atomic E-state index is -0.240. The van der Waals surface area contributed by atoms with Gasteiger partial charge in [-0.1, -0.05) is 42.7 Å². The Morgan fingerprint density at radius 3 is 2.76 bits per heavy atom. The fraction of sp³-hybridized carbons (Fsp3) is 0.333. The van der Waals surface area contributed by atoms with Crippen LogP contribution in [0.25, 0.3) is 11.4 Å². The summed E-state index contributed by atoms with van der Waals surface area (Å²) in [6.45, 7) is 4.02. The third kappa shape index (κ3) is 2.65. The smallest absolute Gasteiger partial charge is 0.244 e. The van der Waals surface area contributed by atoms with Crippen molar-refractivity contribution in [1.29, 1.82) is 0 Å². The van der Waals surface area contributed by atoms with Gasteiger partial charge in [0.25, 0.3) is 0 Å². The first-order valence-corrected chi connectivity index (χ1v) is 5.81. The SMILES string of the molecule is CC(C)[C@H](N)c1nc(-c2cccc(Cl)c2)no1. The van der Waals surface area contributed by atoms with Crippen LogP contribution in [-0.2, 0) is 0 Å². The predicted molar refractivity (Wildman–Crippen MR) is 66.5 cm³/mol. The van der Waals surface area contributed by atoms with E-state index in [4.69, 9.17) is 21.9 Å². The molecule has 1 atom stereocenters. The van der Waals surface area contributed by atoms with E-state index in [0.717, 1.165) is 5.56 Å². The van der Waals surface area contributed by atoms with Crippen LogP contribution < -0.4 is 5.73 Å². The Bertz CT molecular complexity index is 510. The molecule has 0 aliphatic carbocycles. The fourth-order valence-electron chi connectivity index (χ4n) is 1.40. The van der Waals surface area contributed by atoms with Crippen LogP contribution in [0.3, 0.4) is 0 Å². The molecule has 1 aromatic heterocycles. The van der Waals surface area contributed by atoms with Gasteiger partial charge in [-0.15, -0.1) is 0 Å². The lowest BCUT2D eigenvalue weighted by Gasteiger charge is -2.09. The predicted octanol–water partition coefficient (Wildman–Crippen LogP) is 3.05. The van der Waals surface area contributed by atoms with Gasteiger partial charge in [-0.05, 0) is 18.1 Å². The van der Waals surface area contributed by atoms with Gasteiger partial charge in [0.1, 0.15) is 0 Å². The monoisotopic (exact) mass is 251 g/mol. The van der Waals surface area contributed by atoms with E-state index in [1.165, 1.54) is 0 Å². The van der Waals surface area contributed by atoms with E-state index in [0.29, 0.717) is 16.7 Å². The van der Waals surface area contributed by atoms with E-state index in [2.05, 4.69) is 10.1 Å². The number of hydrogen-bond donors (Lipinski definition) is 1. The van der Waals surface area contributed by atoms with Crippen molar-refractivity contribution in [1.82, 2.24) is 10.1 Å². The third-order valence-electron chi connectivity index (χ3n) is 2.53. The molecule has 5 heteroatoms. The van der Waals surface area contributed by atoms with Crippen LogP contribution in [0.2, 0.25) is 5.02 Å². The standard InChI is InChI=1S/C12H14ClN3O/c1-7(2)10(14)12-15-11(16-17-12)8-4-3-5-9(13)6-8/h3-7,10H,14H2,1-2H3/t10-/m0/s1. The number of hydrogen-bond acceptors (Lipinski definition) is 4. The number of aromatic nitrogens is 2. The minimum absolute atomic E-state index is 0.240. The molecular weight excluding hydrogens is 238 g/mol. The summed E-state index contributed by atoms with van der Waals surface area (Å²) in [4.78, 5) is 4.28. The summed E-state index contributed by atoms with van der Waals surface area (Å²) in [6.07, 6.45) is 0. The van der Waals surface area contributed by atoms with Crippen molar-refractivity contribution in [2.45, 2.75) is 19.9 Å². The molecule has 0 bridgehead atoms. The summed E-state index contributed by atoms with van der Waals surface area (Å²) in [5, 5.41) is 4.55. The van der Waals surface area contributed by atoms with E-state index in [1.807, 2.05) is 26.0 Å². The number of nitrogens with zero attached hydrogens (tertiary/aromatic N) is 2. The lowest BCUT2D eigenvalue weighted by molar-refractivity contribution is 0.325. The first-order chi connectivity index (χ1) is 8.08. The van der Waals surface area contributed by atoms with Gasteiger partial charge in [0.2, 0.25) is 11.7 Å². The Morgan fingerprint density at radius 1 is 1.35 bits per heavy atom. The van der Waals surface area contributed by atoms with Crippen molar-refractivity contribution in [3.63, 3.8) is 0 Å². The third-order valence-corrected chi connectivity index (χ3v) is 2.76. The van der Waals surface area contributed by atoms with Crippen LogP contribution in [0.15, 0.2) is 28.8 Å². The minimum Gasteiger partial charge on any atom is -0.337 e. The van der Waals surface area contributed by atoms with Gasteiger partial charge in [-0.3, -0.25) is 0 Å². The molecule has 90 valence electrons. The summed E-state index contributed by atoms with van der Waals surface area (Å²) >= 11 is 5.90. The summed E-state index contributed by atoms with van der Waals surface area (Å²) in [5.41, 5.74) is 6.76. The van der Waals surface area contributed by atoms with Gasteiger partial charge in [-0.25, -0.2) is 0 Å². The maximum atomic E-state index is 5.94. The summed E-state index contributed by atoms with van der Waals surface area (Å²) in [6, 6.07) is 7.07. The van der Waals surface area contributed by atoms with E-state index >= 15 is 0 Å². The average molecular weight is 252 g/mol. The second kappa shape index (κ2) is 4.85. The molecule has 0 spiro atoms. The van der Waals surface area contributed by atoms with Gasteiger partial charge in [0.05, 0.1) is 6.04 Å². The molecule has 0 saturated heterocycles. The van der Waals surface area contributed by atoms with Gasteiger partial charge in [0.15, 0.2) is 0 Å². The van der Waals surface area contributed by atoms with E-state index in [-0.39, 0.29) is 12.0 Å². The zero-order chi connectivity index (χ0) is 12.4. The van der Waals surface area contributed by atoms with Crippen molar-refractivity contribution in [2.24, 2.45) is 11.7 Å².